The average molecular weight is 318 g/mol. The predicted molar refractivity (Wildman–Crippen MR) is 90.5 cm³/mol. The molecule has 2 fully saturated rings. The van der Waals surface area contributed by atoms with E-state index in [1.54, 1.807) is 15.8 Å². The van der Waals surface area contributed by atoms with Gasteiger partial charge in [0.2, 0.25) is 5.91 Å². The fraction of sp³-hybridized carbons (Fsp3) is 0.688. The molecular weight excluding hydrogens is 292 g/mol. The highest BCUT2D eigenvalue weighted by atomic mass is 16.2. The van der Waals surface area contributed by atoms with Gasteiger partial charge in [-0.1, -0.05) is 12.8 Å². The van der Waals surface area contributed by atoms with Gasteiger partial charge in [0.1, 0.15) is 6.54 Å². The highest BCUT2D eigenvalue weighted by Crippen LogP contribution is 2.32. The van der Waals surface area contributed by atoms with E-state index in [0.717, 1.165) is 37.2 Å². The Morgan fingerprint density at radius 3 is 2.87 bits per heavy atom. The minimum absolute atomic E-state index is 0.0945. The van der Waals surface area contributed by atoms with Crippen LogP contribution in [0.15, 0.2) is 17.4 Å². The van der Waals surface area contributed by atoms with E-state index in [-0.39, 0.29) is 5.91 Å². The zero-order chi connectivity index (χ0) is 16.2. The van der Waals surface area contributed by atoms with Crippen LogP contribution >= 0.6 is 0 Å². The Labute approximate surface area is 137 Å². The molecule has 3 rings (SSSR count). The number of nitrogens with one attached hydrogen (secondary N) is 1. The first-order valence-electron chi connectivity index (χ1n) is 8.49. The third kappa shape index (κ3) is 4.03. The van der Waals surface area contributed by atoms with Crippen molar-refractivity contribution in [1.82, 2.24) is 20.0 Å². The SMILES string of the molecule is CCNC(=NCCC1CC1)N1CCN(c2cnn(C)c2)C(=O)C1. The van der Waals surface area contributed by atoms with E-state index in [4.69, 9.17) is 4.99 Å². The van der Waals surface area contributed by atoms with E-state index >= 15 is 0 Å². The van der Waals surface area contributed by atoms with Gasteiger partial charge >= 0.3 is 0 Å². The second kappa shape index (κ2) is 7.02. The van der Waals surface area contributed by atoms with Crippen LogP contribution in [0.2, 0.25) is 0 Å². The Morgan fingerprint density at radius 2 is 2.26 bits per heavy atom. The molecule has 1 amide bonds. The molecule has 1 aliphatic heterocycles. The molecule has 1 aromatic rings. The summed E-state index contributed by atoms with van der Waals surface area (Å²) in [6, 6.07) is 0. The summed E-state index contributed by atoms with van der Waals surface area (Å²) < 4.78 is 1.72. The second-order valence-corrected chi connectivity index (χ2v) is 6.31. The van der Waals surface area contributed by atoms with Crippen molar-refractivity contribution in [3.63, 3.8) is 0 Å². The molecule has 1 saturated heterocycles. The lowest BCUT2D eigenvalue weighted by atomic mass is 10.3. The van der Waals surface area contributed by atoms with Crippen LogP contribution < -0.4 is 10.2 Å². The number of hydrogen-bond acceptors (Lipinski definition) is 3. The number of carbonyl (C=O) groups excluding carboxylic acids is 1. The van der Waals surface area contributed by atoms with Crippen molar-refractivity contribution < 1.29 is 4.79 Å². The van der Waals surface area contributed by atoms with Crippen molar-refractivity contribution in [2.24, 2.45) is 18.0 Å². The minimum atomic E-state index is 0.0945. The minimum Gasteiger partial charge on any atom is -0.357 e. The number of hydrogen-bond donors (Lipinski definition) is 1. The number of rotatable bonds is 5. The van der Waals surface area contributed by atoms with Crippen molar-refractivity contribution >= 4 is 17.6 Å². The number of aryl methyl sites for hydroxylation is 1. The van der Waals surface area contributed by atoms with Gasteiger partial charge in [-0.25, -0.2) is 0 Å². The Bertz CT molecular complexity index is 577. The summed E-state index contributed by atoms with van der Waals surface area (Å²) in [6.07, 6.45) is 7.49. The molecule has 0 unspecified atom stereocenters. The molecule has 2 heterocycles. The summed E-state index contributed by atoms with van der Waals surface area (Å²) in [6.45, 7) is 5.55. The molecule has 0 spiro atoms. The van der Waals surface area contributed by atoms with Gasteiger partial charge in [-0.05, 0) is 19.3 Å². The number of aromatic nitrogens is 2. The molecule has 0 bridgehead atoms. The van der Waals surface area contributed by atoms with Crippen LogP contribution in [0.4, 0.5) is 5.69 Å². The average Bonchev–Trinajstić information content (AvgIpc) is 3.26. The zero-order valence-corrected chi connectivity index (χ0v) is 14.0. The molecule has 7 heteroatoms. The number of aliphatic imine (C=N–C) groups is 1. The summed E-state index contributed by atoms with van der Waals surface area (Å²) in [5.74, 6) is 1.84. The number of amides is 1. The van der Waals surface area contributed by atoms with Crippen molar-refractivity contribution in [2.45, 2.75) is 26.2 Å². The molecule has 2 aliphatic rings. The molecule has 0 aromatic carbocycles. The third-order valence-electron chi connectivity index (χ3n) is 4.35. The number of carbonyl (C=O) groups is 1. The number of anilines is 1. The second-order valence-electron chi connectivity index (χ2n) is 6.31. The Hall–Kier alpha value is -2.05. The molecule has 23 heavy (non-hydrogen) atoms. The predicted octanol–water partition coefficient (Wildman–Crippen LogP) is 0.834. The first kappa shape index (κ1) is 15.8. The third-order valence-corrected chi connectivity index (χ3v) is 4.35. The van der Waals surface area contributed by atoms with Crippen LogP contribution in [0.25, 0.3) is 0 Å². The summed E-state index contributed by atoms with van der Waals surface area (Å²) >= 11 is 0. The van der Waals surface area contributed by atoms with E-state index < -0.39 is 0 Å². The maximum atomic E-state index is 12.5. The molecule has 1 aromatic heterocycles. The first-order chi connectivity index (χ1) is 11.2. The van der Waals surface area contributed by atoms with E-state index in [2.05, 4.69) is 22.2 Å². The van der Waals surface area contributed by atoms with Gasteiger partial charge in [-0.15, -0.1) is 0 Å². The Balaban J connectivity index is 1.60. The van der Waals surface area contributed by atoms with Crippen LogP contribution in [0.5, 0.6) is 0 Å². The summed E-state index contributed by atoms with van der Waals surface area (Å²) in [5, 5.41) is 7.46. The highest BCUT2D eigenvalue weighted by molar-refractivity contribution is 5.98. The van der Waals surface area contributed by atoms with Gasteiger partial charge in [0.15, 0.2) is 5.96 Å². The van der Waals surface area contributed by atoms with Crippen molar-refractivity contribution in [3.8, 4) is 0 Å². The molecule has 7 nitrogen and oxygen atoms in total. The lowest BCUT2D eigenvalue weighted by Gasteiger charge is -2.35. The molecule has 1 aliphatic carbocycles. The number of piperazine rings is 1. The normalized spacial score (nSPS) is 19.4. The Morgan fingerprint density at radius 1 is 1.43 bits per heavy atom. The largest absolute Gasteiger partial charge is 0.357 e. The molecular formula is C16H26N6O. The van der Waals surface area contributed by atoms with E-state index in [1.165, 1.54) is 19.3 Å². The molecule has 1 N–H and O–H groups in total. The van der Waals surface area contributed by atoms with E-state index in [9.17, 15) is 4.79 Å². The van der Waals surface area contributed by atoms with Gasteiger partial charge in [-0.3, -0.25) is 14.5 Å². The van der Waals surface area contributed by atoms with Crippen molar-refractivity contribution in [1.29, 1.82) is 0 Å². The van der Waals surface area contributed by atoms with Gasteiger partial charge in [0.05, 0.1) is 11.9 Å². The van der Waals surface area contributed by atoms with Gasteiger partial charge in [0.25, 0.3) is 0 Å². The van der Waals surface area contributed by atoms with Crippen LogP contribution in [-0.4, -0.2) is 59.3 Å². The Kier molecular flexibility index (Phi) is 4.83. The van der Waals surface area contributed by atoms with Crippen LogP contribution in [0, 0.1) is 5.92 Å². The molecule has 1 saturated carbocycles. The zero-order valence-electron chi connectivity index (χ0n) is 14.0. The molecule has 126 valence electrons. The van der Waals surface area contributed by atoms with Gasteiger partial charge < -0.3 is 15.1 Å². The topological polar surface area (TPSA) is 65.8 Å². The van der Waals surface area contributed by atoms with E-state index in [1.807, 2.05) is 13.2 Å². The quantitative estimate of drug-likeness (QED) is 0.645. The summed E-state index contributed by atoms with van der Waals surface area (Å²) in [5.41, 5.74) is 0.868. The smallest absolute Gasteiger partial charge is 0.246 e. The number of nitrogens with zero attached hydrogens (tertiary/aromatic N) is 5. The van der Waals surface area contributed by atoms with Gasteiger partial charge in [-0.2, -0.15) is 5.10 Å². The lowest BCUT2D eigenvalue weighted by molar-refractivity contribution is -0.120. The summed E-state index contributed by atoms with van der Waals surface area (Å²) in [4.78, 5) is 21.0. The van der Waals surface area contributed by atoms with Crippen LogP contribution in [0.1, 0.15) is 26.2 Å². The van der Waals surface area contributed by atoms with Gasteiger partial charge in [0, 0.05) is 39.4 Å². The maximum absolute atomic E-state index is 12.5. The summed E-state index contributed by atoms with van der Waals surface area (Å²) in [7, 11) is 1.86. The maximum Gasteiger partial charge on any atom is 0.246 e. The monoisotopic (exact) mass is 318 g/mol. The fourth-order valence-corrected chi connectivity index (χ4v) is 2.86. The van der Waals surface area contributed by atoms with Crippen molar-refractivity contribution in [3.05, 3.63) is 12.4 Å². The standard InChI is InChI=1S/C16H26N6O/c1-3-17-16(18-7-6-13-4-5-13)21-8-9-22(15(23)12-21)14-10-19-20(2)11-14/h10-11,13H,3-9,12H2,1-2H3,(H,17,18). The fourth-order valence-electron chi connectivity index (χ4n) is 2.86. The van der Waals surface area contributed by atoms with Crippen molar-refractivity contribution in [2.75, 3.05) is 37.6 Å². The molecule has 0 radical (unpaired) electrons. The number of guanidine groups is 1. The first-order valence-corrected chi connectivity index (χ1v) is 8.49. The highest BCUT2D eigenvalue weighted by Gasteiger charge is 2.28. The van der Waals surface area contributed by atoms with Crippen LogP contribution in [0.3, 0.4) is 0 Å². The van der Waals surface area contributed by atoms with Crippen LogP contribution in [-0.2, 0) is 11.8 Å². The van der Waals surface area contributed by atoms with E-state index in [0.29, 0.717) is 13.1 Å². The molecule has 0 atom stereocenters. The lowest BCUT2D eigenvalue weighted by Crippen LogP contribution is -2.55.